The zero-order valence-electron chi connectivity index (χ0n) is 7.29. The van der Waals surface area contributed by atoms with Crippen molar-refractivity contribution < 1.29 is 9.50 Å². The van der Waals surface area contributed by atoms with E-state index in [2.05, 4.69) is 16.8 Å². The standard InChI is InChI=1S/C10H10FNO/c1-2-9(13)5-3-8-4-6-10(11)12-7-8/h4,6-7,9,13H,2H2,1H3/t9-/m1/s1. The number of hydrogen-bond acceptors (Lipinski definition) is 2. The topological polar surface area (TPSA) is 33.1 Å². The molecule has 1 heterocycles. The van der Waals surface area contributed by atoms with E-state index in [4.69, 9.17) is 5.11 Å². The van der Waals surface area contributed by atoms with Gasteiger partial charge in [0.05, 0.1) is 0 Å². The molecule has 0 aromatic carbocycles. The van der Waals surface area contributed by atoms with Gasteiger partial charge in [0.1, 0.15) is 6.10 Å². The highest BCUT2D eigenvalue weighted by molar-refractivity contribution is 5.32. The lowest BCUT2D eigenvalue weighted by molar-refractivity contribution is 0.228. The first-order valence-electron chi connectivity index (χ1n) is 4.03. The lowest BCUT2D eigenvalue weighted by Gasteiger charge is -1.94. The Kier molecular flexibility index (Phi) is 3.41. The lowest BCUT2D eigenvalue weighted by atomic mass is 10.2. The summed E-state index contributed by atoms with van der Waals surface area (Å²) in [6, 6.07) is 2.76. The molecular formula is C10H10FNO. The minimum absolute atomic E-state index is 0.526. The molecule has 13 heavy (non-hydrogen) atoms. The van der Waals surface area contributed by atoms with Crippen molar-refractivity contribution in [2.75, 3.05) is 0 Å². The highest BCUT2D eigenvalue weighted by Crippen LogP contribution is 1.97. The summed E-state index contributed by atoms with van der Waals surface area (Å²) >= 11 is 0. The van der Waals surface area contributed by atoms with Gasteiger partial charge in [-0.15, -0.1) is 0 Å². The largest absolute Gasteiger partial charge is 0.380 e. The number of rotatable bonds is 1. The highest BCUT2D eigenvalue weighted by atomic mass is 19.1. The van der Waals surface area contributed by atoms with Gasteiger partial charge in [0.15, 0.2) is 0 Å². The van der Waals surface area contributed by atoms with Crippen LogP contribution in [0.25, 0.3) is 0 Å². The van der Waals surface area contributed by atoms with E-state index in [0.717, 1.165) is 0 Å². The maximum Gasteiger partial charge on any atom is 0.212 e. The summed E-state index contributed by atoms with van der Waals surface area (Å²) in [6.45, 7) is 1.84. The molecule has 3 heteroatoms. The van der Waals surface area contributed by atoms with Gasteiger partial charge in [-0.2, -0.15) is 4.39 Å². The van der Waals surface area contributed by atoms with Crippen LogP contribution in [0.2, 0.25) is 0 Å². The molecule has 1 N–H and O–H groups in total. The fourth-order valence-electron chi connectivity index (χ4n) is 0.718. The van der Waals surface area contributed by atoms with Gasteiger partial charge in [-0.25, -0.2) is 4.98 Å². The van der Waals surface area contributed by atoms with Crippen LogP contribution in [0, 0.1) is 17.8 Å². The second-order valence-corrected chi connectivity index (χ2v) is 2.56. The van der Waals surface area contributed by atoms with Gasteiger partial charge in [-0.05, 0) is 18.6 Å². The van der Waals surface area contributed by atoms with E-state index >= 15 is 0 Å². The SMILES string of the molecule is CC[C@@H](O)C#Cc1ccc(F)nc1. The third-order valence-corrected chi connectivity index (χ3v) is 1.50. The molecule has 2 nitrogen and oxygen atoms in total. The van der Waals surface area contributed by atoms with Crippen molar-refractivity contribution in [3.63, 3.8) is 0 Å². The summed E-state index contributed by atoms with van der Waals surface area (Å²) in [4.78, 5) is 3.43. The molecule has 0 fully saturated rings. The number of hydrogen-bond donors (Lipinski definition) is 1. The zero-order chi connectivity index (χ0) is 9.68. The van der Waals surface area contributed by atoms with Crippen molar-refractivity contribution in [1.82, 2.24) is 4.98 Å². The first-order chi connectivity index (χ1) is 6.22. The monoisotopic (exact) mass is 179 g/mol. The van der Waals surface area contributed by atoms with Gasteiger partial charge >= 0.3 is 0 Å². The summed E-state index contributed by atoms with van der Waals surface area (Å²) in [7, 11) is 0. The van der Waals surface area contributed by atoms with Crippen LogP contribution in [0.3, 0.4) is 0 Å². The van der Waals surface area contributed by atoms with Gasteiger partial charge < -0.3 is 5.11 Å². The molecule has 1 rings (SSSR count). The Morgan fingerprint density at radius 1 is 1.62 bits per heavy atom. The summed E-state index contributed by atoms with van der Waals surface area (Å²) in [5.74, 6) is 4.78. The van der Waals surface area contributed by atoms with Crippen molar-refractivity contribution in [2.24, 2.45) is 0 Å². The van der Waals surface area contributed by atoms with Crippen LogP contribution < -0.4 is 0 Å². The van der Waals surface area contributed by atoms with E-state index in [0.29, 0.717) is 12.0 Å². The van der Waals surface area contributed by atoms with E-state index < -0.39 is 12.1 Å². The van der Waals surface area contributed by atoms with E-state index in [9.17, 15) is 4.39 Å². The fraction of sp³-hybridized carbons (Fsp3) is 0.300. The zero-order valence-corrected chi connectivity index (χ0v) is 7.29. The third kappa shape index (κ3) is 3.22. The van der Waals surface area contributed by atoms with Crippen LogP contribution >= 0.6 is 0 Å². The highest BCUT2D eigenvalue weighted by Gasteiger charge is 1.93. The van der Waals surface area contributed by atoms with Crippen LogP contribution in [0.15, 0.2) is 18.3 Å². The Hall–Kier alpha value is -1.40. The van der Waals surface area contributed by atoms with Gasteiger partial charge in [0.25, 0.3) is 0 Å². The van der Waals surface area contributed by atoms with Crippen LogP contribution in [-0.2, 0) is 0 Å². The predicted octanol–water partition coefficient (Wildman–Crippen LogP) is 1.34. The van der Waals surface area contributed by atoms with Gasteiger partial charge in [-0.3, -0.25) is 0 Å². The molecule has 0 unspecified atom stereocenters. The molecule has 68 valence electrons. The number of aliphatic hydroxyl groups is 1. The number of aromatic nitrogens is 1. The Bertz CT molecular complexity index is 323. The molecule has 0 aliphatic rings. The molecule has 0 radical (unpaired) electrons. The number of nitrogens with zero attached hydrogens (tertiary/aromatic N) is 1. The fourth-order valence-corrected chi connectivity index (χ4v) is 0.718. The van der Waals surface area contributed by atoms with E-state index in [1.165, 1.54) is 18.3 Å². The first kappa shape index (κ1) is 9.69. The normalized spacial score (nSPS) is 11.6. The molecule has 0 bridgehead atoms. The number of aliphatic hydroxyl groups excluding tert-OH is 1. The van der Waals surface area contributed by atoms with Crippen molar-refractivity contribution in [3.05, 3.63) is 29.8 Å². The summed E-state index contributed by atoms with van der Waals surface area (Å²) in [5, 5.41) is 9.11. The van der Waals surface area contributed by atoms with Gasteiger partial charge in [-0.1, -0.05) is 18.8 Å². The molecule has 1 aromatic rings. The summed E-state index contributed by atoms with van der Waals surface area (Å²) in [6.07, 6.45) is 1.30. The summed E-state index contributed by atoms with van der Waals surface area (Å²) in [5.41, 5.74) is 0.605. The number of pyridine rings is 1. The Balaban J connectivity index is 2.72. The Morgan fingerprint density at radius 3 is 2.92 bits per heavy atom. The molecule has 0 aliphatic carbocycles. The molecule has 0 amide bonds. The maximum absolute atomic E-state index is 12.3. The molecule has 0 spiro atoms. The molecule has 0 aliphatic heterocycles. The lowest BCUT2D eigenvalue weighted by Crippen LogP contribution is -1.98. The van der Waals surface area contributed by atoms with Crippen LogP contribution in [0.1, 0.15) is 18.9 Å². The molecule has 1 aromatic heterocycles. The third-order valence-electron chi connectivity index (χ3n) is 1.50. The molecule has 0 saturated carbocycles. The summed E-state index contributed by atoms with van der Waals surface area (Å²) < 4.78 is 12.3. The van der Waals surface area contributed by atoms with Crippen molar-refractivity contribution in [3.8, 4) is 11.8 Å². The predicted molar refractivity (Wildman–Crippen MR) is 47.4 cm³/mol. The molecular weight excluding hydrogens is 169 g/mol. The van der Waals surface area contributed by atoms with Crippen molar-refractivity contribution in [2.45, 2.75) is 19.4 Å². The quantitative estimate of drug-likeness (QED) is 0.521. The van der Waals surface area contributed by atoms with Crippen molar-refractivity contribution >= 4 is 0 Å². The Labute approximate surface area is 76.4 Å². The maximum atomic E-state index is 12.3. The van der Waals surface area contributed by atoms with Crippen LogP contribution in [0.4, 0.5) is 4.39 Å². The average molecular weight is 179 g/mol. The van der Waals surface area contributed by atoms with E-state index in [1.807, 2.05) is 6.92 Å². The van der Waals surface area contributed by atoms with Crippen molar-refractivity contribution in [1.29, 1.82) is 0 Å². The smallest absolute Gasteiger partial charge is 0.212 e. The van der Waals surface area contributed by atoms with Gasteiger partial charge in [0.2, 0.25) is 5.95 Å². The van der Waals surface area contributed by atoms with Gasteiger partial charge in [0, 0.05) is 11.8 Å². The van der Waals surface area contributed by atoms with E-state index in [-0.39, 0.29) is 0 Å². The second kappa shape index (κ2) is 4.58. The Morgan fingerprint density at radius 2 is 2.38 bits per heavy atom. The van der Waals surface area contributed by atoms with E-state index in [1.54, 1.807) is 0 Å². The molecule has 0 saturated heterocycles. The first-order valence-corrected chi connectivity index (χ1v) is 4.03. The molecule has 1 atom stereocenters. The number of halogens is 1. The minimum Gasteiger partial charge on any atom is -0.380 e. The average Bonchev–Trinajstić information content (AvgIpc) is 2.16. The van der Waals surface area contributed by atoms with Crippen LogP contribution in [-0.4, -0.2) is 16.2 Å². The minimum atomic E-state index is -0.620. The van der Waals surface area contributed by atoms with Crippen LogP contribution in [0.5, 0.6) is 0 Å². The second-order valence-electron chi connectivity index (χ2n) is 2.56.